The Morgan fingerprint density at radius 1 is 0.938 bits per heavy atom. The molecule has 8 nitrogen and oxygen atoms in total. The van der Waals surface area contributed by atoms with E-state index < -0.39 is 108 Å². The second-order valence-corrected chi connectivity index (χ2v) is 14.3. The van der Waals surface area contributed by atoms with Crippen molar-refractivity contribution in [2.24, 2.45) is 11.3 Å². The molecule has 2 saturated carbocycles. The van der Waals surface area contributed by atoms with Crippen LogP contribution in [0.15, 0.2) is 18.2 Å². The van der Waals surface area contributed by atoms with Crippen molar-refractivity contribution >= 4 is 17.9 Å². The van der Waals surface area contributed by atoms with E-state index in [0.29, 0.717) is 17.0 Å². The van der Waals surface area contributed by atoms with Gasteiger partial charge in [0.15, 0.2) is 0 Å². The van der Waals surface area contributed by atoms with Crippen molar-refractivity contribution in [3.05, 3.63) is 34.9 Å². The van der Waals surface area contributed by atoms with E-state index in [9.17, 15) is 46.0 Å². The molecule has 1 unspecified atom stereocenters. The summed E-state index contributed by atoms with van der Waals surface area (Å²) in [4.78, 5) is 40.6. The zero-order chi connectivity index (χ0) is 35.7. The number of benzene rings is 1. The van der Waals surface area contributed by atoms with Crippen molar-refractivity contribution in [2.75, 3.05) is 19.6 Å². The molecule has 0 bridgehead atoms. The highest BCUT2D eigenvalue weighted by molar-refractivity contribution is 5.93. The molecule has 2 aliphatic carbocycles. The van der Waals surface area contributed by atoms with E-state index in [1.165, 1.54) is 4.90 Å². The van der Waals surface area contributed by atoms with Crippen molar-refractivity contribution in [3.63, 3.8) is 0 Å². The Morgan fingerprint density at radius 3 is 2.02 bits per heavy atom. The van der Waals surface area contributed by atoms with E-state index in [1.54, 1.807) is 20.8 Å². The van der Waals surface area contributed by atoms with Gasteiger partial charge in [0.2, 0.25) is 11.8 Å². The van der Waals surface area contributed by atoms with Gasteiger partial charge in [-0.05, 0) is 83.3 Å². The Morgan fingerprint density at radius 2 is 1.54 bits per heavy atom. The van der Waals surface area contributed by atoms with Crippen LogP contribution in [0.3, 0.4) is 0 Å². The molecular weight excluding hydrogens is 656 g/mol. The highest BCUT2D eigenvalue weighted by atomic mass is 19.4. The summed E-state index contributed by atoms with van der Waals surface area (Å²) in [6.07, 6.45) is -12.1. The molecule has 5 rings (SSSR count). The smallest absolute Gasteiger partial charge is 0.416 e. The first-order valence-electron chi connectivity index (χ1n) is 15.7. The molecule has 1 aromatic rings. The van der Waals surface area contributed by atoms with Gasteiger partial charge in [-0.25, -0.2) is 13.6 Å². The van der Waals surface area contributed by atoms with Crippen molar-refractivity contribution in [1.29, 1.82) is 5.26 Å². The van der Waals surface area contributed by atoms with E-state index in [4.69, 9.17) is 4.74 Å². The van der Waals surface area contributed by atoms with Crippen molar-refractivity contribution in [1.82, 2.24) is 15.1 Å². The second-order valence-electron chi connectivity index (χ2n) is 14.3. The molecule has 4 fully saturated rings. The molecule has 264 valence electrons. The molecule has 2 heterocycles. The standard InChI is InChI=1S/C32H36F8N4O4/c1-27(2,3)48-26(47)43-12-6-18(7-13-43)19-4-5-21(22(14-19)31(35,36)37)30(33,34)20-15-23(24(45)42-28(17-41)8-9-28)44(16-20)25(46)29(10-11-29)32(38,39)40/h4-5,14,18,20,23H,6-13,15-16H2,1-3H3,(H,42,45)/t20?,23-/m0/s1. The summed E-state index contributed by atoms with van der Waals surface area (Å²) >= 11 is 0. The molecule has 16 heteroatoms. The minimum atomic E-state index is -5.25. The molecule has 2 aliphatic heterocycles. The number of hydrogen-bond acceptors (Lipinski definition) is 5. The molecule has 0 radical (unpaired) electrons. The lowest BCUT2D eigenvalue weighted by atomic mass is 9.84. The summed E-state index contributed by atoms with van der Waals surface area (Å²) in [5.74, 6) is -9.64. The third-order valence-electron chi connectivity index (χ3n) is 9.73. The van der Waals surface area contributed by atoms with Gasteiger partial charge in [-0.2, -0.15) is 31.6 Å². The number of ether oxygens (including phenoxy) is 1. The molecule has 0 spiro atoms. The summed E-state index contributed by atoms with van der Waals surface area (Å²) in [6, 6.07) is 2.41. The lowest BCUT2D eigenvalue weighted by Gasteiger charge is -2.34. The maximum atomic E-state index is 16.2. The van der Waals surface area contributed by atoms with E-state index >= 15 is 8.78 Å². The van der Waals surface area contributed by atoms with Gasteiger partial charge in [0.25, 0.3) is 5.92 Å². The lowest BCUT2D eigenvalue weighted by molar-refractivity contribution is -0.199. The zero-order valence-electron chi connectivity index (χ0n) is 26.5. The number of halogens is 8. The number of rotatable bonds is 6. The average Bonchev–Trinajstić information content (AvgIpc) is 3.91. The van der Waals surface area contributed by atoms with Crippen LogP contribution < -0.4 is 5.32 Å². The van der Waals surface area contributed by atoms with E-state index in [0.717, 1.165) is 6.07 Å². The fraction of sp³-hybridized carbons (Fsp3) is 0.688. The van der Waals surface area contributed by atoms with Crippen molar-refractivity contribution in [3.8, 4) is 6.07 Å². The van der Waals surface area contributed by atoms with Gasteiger partial charge < -0.3 is 19.9 Å². The highest BCUT2D eigenvalue weighted by Crippen LogP contribution is 2.60. The third kappa shape index (κ3) is 6.78. The summed E-state index contributed by atoms with van der Waals surface area (Å²) in [6.45, 7) is 4.31. The molecule has 2 saturated heterocycles. The van der Waals surface area contributed by atoms with Gasteiger partial charge in [-0.1, -0.05) is 12.1 Å². The number of nitriles is 1. The Hall–Kier alpha value is -3.64. The molecular formula is C32H36F8N4O4. The number of carbonyl (C=O) groups excluding carboxylic acids is 3. The van der Waals surface area contributed by atoms with Crippen LogP contribution >= 0.6 is 0 Å². The normalized spacial score (nSPS) is 24.1. The fourth-order valence-corrected chi connectivity index (χ4v) is 6.58. The number of likely N-dealkylation sites (tertiary alicyclic amines) is 2. The molecule has 48 heavy (non-hydrogen) atoms. The van der Waals surface area contributed by atoms with Crippen LogP contribution in [0, 0.1) is 22.7 Å². The number of nitrogens with one attached hydrogen (secondary N) is 1. The first-order valence-corrected chi connectivity index (χ1v) is 15.7. The predicted molar refractivity (Wildman–Crippen MR) is 152 cm³/mol. The summed E-state index contributed by atoms with van der Waals surface area (Å²) in [7, 11) is 0. The van der Waals surface area contributed by atoms with Gasteiger partial charge in [0, 0.05) is 31.1 Å². The topological polar surface area (TPSA) is 103 Å². The minimum Gasteiger partial charge on any atom is -0.444 e. The molecule has 1 N–H and O–H groups in total. The van der Waals surface area contributed by atoms with Crippen LogP contribution in [-0.2, 0) is 26.4 Å². The first-order chi connectivity index (χ1) is 22.0. The fourth-order valence-electron chi connectivity index (χ4n) is 6.58. The van der Waals surface area contributed by atoms with Gasteiger partial charge >= 0.3 is 18.4 Å². The zero-order valence-corrected chi connectivity index (χ0v) is 26.5. The Bertz CT molecular complexity index is 1500. The molecule has 2 atom stereocenters. The van der Waals surface area contributed by atoms with E-state index in [1.807, 2.05) is 6.07 Å². The molecule has 3 amide bonds. The predicted octanol–water partition coefficient (Wildman–Crippen LogP) is 6.64. The Kier molecular flexibility index (Phi) is 8.73. The van der Waals surface area contributed by atoms with Crippen LogP contribution in [0.25, 0.3) is 0 Å². The van der Waals surface area contributed by atoms with Crippen LogP contribution in [0.2, 0.25) is 0 Å². The SMILES string of the molecule is CC(C)(C)OC(=O)N1CCC(c2ccc(C(F)(F)C3C[C@@H](C(=O)NC4(C#N)CC4)N(C(=O)C4(C(F)(F)F)CC4)C3)c(C(F)(F)F)c2)CC1. The number of hydrogen-bond donors (Lipinski definition) is 1. The number of piperidine rings is 1. The lowest BCUT2D eigenvalue weighted by Crippen LogP contribution is -2.53. The quantitative estimate of drug-likeness (QED) is 0.337. The summed E-state index contributed by atoms with van der Waals surface area (Å²) in [5.41, 5.74) is -7.89. The number of nitrogens with zero attached hydrogens (tertiary/aromatic N) is 3. The molecule has 1 aromatic carbocycles. The number of carbonyl (C=O) groups is 3. The Balaban J connectivity index is 1.41. The van der Waals surface area contributed by atoms with Gasteiger partial charge in [0.1, 0.15) is 22.6 Å². The van der Waals surface area contributed by atoms with Gasteiger partial charge in [0.05, 0.1) is 11.6 Å². The second kappa shape index (κ2) is 11.8. The van der Waals surface area contributed by atoms with Crippen LogP contribution in [0.5, 0.6) is 0 Å². The first kappa shape index (κ1) is 35.7. The number of alkyl halides is 8. The third-order valence-corrected chi connectivity index (χ3v) is 9.73. The van der Waals surface area contributed by atoms with Crippen LogP contribution in [-0.4, -0.2) is 70.7 Å². The van der Waals surface area contributed by atoms with Crippen LogP contribution in [0.4, 0.5) is 39.9 Å². The van der Waals surface area contributed by atoms with E-state index in [2.05, 4.69) is 5.32 Å². The molecule has 0 aromatic heterocycles. The van der Waals surface area contributed by atoms with E-state index in [-0.39, 0.29) is 44.3 Å². The average molecular weight is 693 g/mol. The molecule has 4 aliphatic rings. The largest absolute Gasteiger partial charge is 0.444 e. The van der Waals surface area contributed by atoms with Gasteiger partial charge in [-0.15, -0.1) is 0 Å². The van der Waals surface area contributed by atoms with Gasteiger partial charge in [-0.3, -0.25) is 9.59 Å². The summed E-state index contributed by atoms with van der Waals surface area (Å²) < 4.78 is 123. The monoisotopic (exact) mass is 692 g/mol. The maximum Gasteiger partial charge on any atom is 0.416 e. The number of amides is 3. The highest BCUT2D eigenvalue weighted by Gasteiger charge is 2.71. The maximum absolute atomic E-state index is 16.2. The van der Waals surface area contributed by atoms with Crippen LogP contribution in [0.1, 0.15) is 88.3 Å². The minimum absolute atomic E-state index is 0.123. The van der Waals surface area contributed by atoms with Crippen molar-refractivity contribution < 1.29 is 54.2 Å². The Labute approximate surface area is 271 Å². The summed E-state index contributed by atoms with van der Waals surface area (Å²) in [5, 5.41) is 11.7. The van der Waals surface area contributed by atoms with Crippen molar-refractivity contribution in [2.45, 2.75) is 107 Å².